The number of hydrogen-bond acceptors (Lipinski definition) is 4. The molecule has 3 N–H and O–H groups in total. The van der Waals surface area contributed by atoms with Crippen molar-refractivity contribution in [3.8, 4) is 0 Å². The van der Waals surface area contributed by atoms with Crippen LogP contribution in [0.15, 0.2) is 72.9 Å². The molecule has 2 aromatic carbocycles. The first-order valence-corrected chi connectivity index (χ1v) is 14.4. The Bertz CT molecular complexity index is 1130. The molecule has 6 heteroatoms. The number of rotatable bonds is 17. The molecule has 39 heavy (non-hydrogen) atoms. The Balaban J connectivity index is 1.20. The van der Waals surface area contributed by atoms with Gasteiger partial charge in [0.05, 0.1) is 6.04 Å². The number of pyridine rings is 1. The Labute approximate surface area is 234 Å². The molecule has 1 heterocycles. The predicted molar refractivity (Wildman–Crippen MR) is 161 cm³/mol. The van der Waals surface area contributed by atoms with Gasteiger partial charge >= 0.3 is 0 Å². The number of unbranched alkanes of at least 4 members (excludes halogenated alkanes) is 7. The third-order valence-electron chi connectivity index (χ3n) is 6.90. The predicted octanol–water partition coefficient (Wildman–Crippen LogP) is 7.72. The first kappa shape index (κ1) is 29.9. The zero-order valence-electron chi connectivity index (χ0n) is 23.5. The molecule has 1 atom stereocenters. The highest BCUT2D eigenvalue weighted by atomic mass is 16.2. The number of aromatic nitrogens is 1. The molecule has 0 aliphatic rings. The van der Waals surface area contributed by atoms with Crippen LogP contribution < -0.4 is 16.0 Å². The Hall–Kier alpha value is -3.67. The number of nitrogens with one attached hydrogen (secondary N) is 3. The summed E-state index contributed by atoms with van der Waals surface area (Å²) in [6.45, 7) is 4.74. The zero-order chi connectivity index (χ0) is 27.7. The highest BCUT2D eigenvalue weighted by Crippen LogP contribution is 2.25. The number of para-hydroxylation sites is 1. The molecule has 3 rings (SSSR count). The summed E-state index contributed by atoms with van der Waals surface area (Å²) in [6, 6.07) is 22.0. The highest BCUT2D eigenvalue weighted by molar-refractivity contribution is 5.91. The lowest BCUT2D eigenvalue weighted by atomic mass is 10.0. The van der Waals surface area contributed by atoms with Gasteiger partial charge < -0.3 is 16.0 Å². The van der Waals surface area contributed by atoms with Gasteiger partial charge in [-0.1, -0.05) is 92.6 Å². The van der Waals surface area contributed by atoms with Crippen molar-refractivity contribution < 1.29 is 9.59 Å². The van der Waals surface area contributed by atoms with E-state index in [-0.39, 0.29) is 17.9 Å². The summed E-state index contributed by atoms with van der Waals surface area (Å²) in [5.41, 5.74) is 4.26. The van der Waals surface area contributed by atoms with Crippen molar-refractivity contribution in [2.45, 2.75) is 90.6 Å². The molecule has 0 saturated heterocycles. The molecule has 0 spiro atoms. The monoisotopic (exact) mass is 528 g/mol. The minimum atomic E-state index is 0.0180. The van der Waals surface area contributed by atoms with Crippen molar-refractivity contribution in [1.29, 1.82) is 0 Å². The minimum absolute atomic E-state index is 0.0180. The Morgan fingerprint density at radius 1 is 0.744 bits per heavy atom. The minimum Gasteiger partial charge on any atom is -0.363 e. The van der Waals surface area contributed by atoms with E-state index in [0.29, 0.717) is 19.4 Å². The lowest BCUT2D eigenvalue weighted by Gasteiger charge is -2.19. The van der Waals surface area contributed by atoms with E-state index in [1.807, 2.05) is 42.5 Å². The Morgan fingerprint density at radius 3 is 2.03 bits per heavy atom. The van der Waals surface area contributed by atoms with Crippen molar-refractivity contribution in [3.05, 3.63) is 89.6 Å². The first-order valence-electron chi connectivity index (χ1n) is 14.4. The van der Waals surface area contributed by atoms with Crippen LogP contribution in [0.5, 0.6) is 0 Å². The van der Waals surface area contributed by atoms with Crippen LogP contribution in [-0.4, -0.2) is 16.8 Å². The van der Waals surface area contributed by atoms with E-state index < -0.39 is 0 Å². The smallest absolute Gasteiger partial charge is 0.224 e. The molecule has 0 aliphatic carbocycles. The summed E-state index contributed by atoms with van der Waals surface area (Å²) < 4.78 is 0. The first-order chi connectivity index (χ1) is 19.0. The number of amides is 2. The van der Waals surface area contributed by atoms with E-state index in [2.05, 4.69) is 59.0 Å². The molecule has 0 bridgehead atoms. The zero-order valence-corrected chi connectivity index (χ0v) is 23.5. The maximum Gasteiger partial charge on any atom is 0.224 e. The lowest BCUT2D eigenvalue weighted by Crippen LogP contribution is -2.22. The number of carbonyl (C=O) groups is 2. The van der Waals surface area contributed by atoms with Gasteiger partial charge in [0.25, 0.3) is 0 Å². The van der Waals surface area contributed by atoms with Gasteiger partial charge in [-0.15, -0.1) is 0 Å². The number of anilines is 2. The molecule has 6 nitrogen and oxygen atoms in total. The standard InChI is InChI=1S/C33H44N4O2/c1-26-20-22-28(23-21-26)25-35-32(38)18-9-7-5-3-4-6-8-10-19-33(39)37-30-16-12-11-15-29(30)27(2)36-31-17-13-14-24-34-31/h11-17,20-24,27H,3-10,18-19,25H2,1-2H3,(H,34,36)(H,35,38)(H,37,39). The molecule has 1 unspecified atom stereocenters. The fourth-order valence-electron chi connectivity index (χ4n) is 4.58. The average molecular weight is 529 g/mol. The Morgan fingerprint density at radius 2 is 1.36 bits per heavy atom. The summed E-state index contributed by atoms with van der Waals surface area (Å²) in [7, 11) is 0. The fraction of sp³-hybridized carbons (Fsp3) is 0.424. The molecule has 208 valence electrons. The van der Waals surface area contributed by atoms with Crippen LogP contribution in [0, 0.1) is 6.92 Å². The molecule has 0 aliphatic heterocycles. The quantitative estimate of drug-likeness (QED) is 0.157. The number of hydrogen-bond donors (Lipinski definition) is 3. The van der Waals surface area contributed by atoms with Crippen molar-refractivity contribution in [2.75, 3.05) is 10.6 Å². The van der Waals surface area contributed by atoms with E-state index >= 15 is 0 Å². The van der Waals surface area contributed by atoms with Crippen LogP contribution in [0.4, 0.5) is 11.5 Å². The van der Waals surface area contributed by atoms with Crippen molar-refractivity contribution in [3.63, 3.8) is 0 Å². The van der Waals surface area contributed by atoms with Crippen molar-refractivity contribution in [1.82, 2.24) is 10.3 Å². The fourth-order valence-corrected chi connectivity index (χ4v) is 4.58. The second kappa shape index (κ2) is 17.0. The summed E-state index contributed by atoms with van der Waals surface area (Å²) in [5, 5.41) is 9.50. The van der Waals surface area contributed by atoms with E-state index in [0.717, 1.165) is 61.2 Å². The molecule has 0 fully saturated rings. The van der Waals surface area contributed by atoms with Crippen LogP contribution >= 0.6 is 0 Å². The van der Waals surface area contributed by atoms with E-state index in [9.17, 15) is 9.59 Å². The normalized spacial score (nSPS) is 11.5. The lowest BCUT2D eigenvalue weighted by molar-refractivity contribution is -0.121. The van der Waals surface area contributed by atoms with Crippen LogP contribution in [0.1, 0.15) is 93.9 Å². The van der Waals surface area contributed by atoms with Crippen molar-refractivity contribution in [2.24, 2.45) is 0 Å². The molecule has 2 amide bonds. The average Bonchev–Trinajstić information content (AvgIpc) is 2.94. The van der Waals surface area contributed by atoms with E-state index in [1.165, 1.54) is 18.4 Å². The van der Waals surface area contributed by atoms with Gasteiger partial charge in [-0.25, -0.2) is 4.98 Å². The summed E-state index contributed by atoms with van der Waals surface area (Å²) in [4.78, 5) is 28.9. The molecular formula is C33H44N4O2. The number of aryl methyl sites for hydroxylation is 1. The summed E-state index contributed by atoms with van der Waals surface area (Å²) in [6.07, 6.45) is 11.6. The second-order valence-electron chi connectivity index (χ2n) is 10.3. The van der Waals surface area contributed by atoms with Gasteiger partial charge in [-0.3, -0.25) is 9.59 Å². The SMILES string of the molecule is Cc1ccc(CNC(=O)CCCCCCCCCCC(=O)Nc2ccccc2C(C)Nc2ccccn2)cc1. The maximum atomic E-state index is 12.6. The van der Waals surface area contributed by atoms with Crippen molar-refractivity contribution >= 4 is 23.3 Å². The number of carbonyl (C=O) groups excluding carboxylic acids is 2. The van der Waals surface area contributed by atoms with E-state index in [1.54, 1.807) is 6.20 Å². The molecule has 1 aromatic heterocycles. The summed E-state index contributed by atoms with van der Waals surface area (Å²) in [5.74, 6) is 1.01. The van der Waals surface area contributed by atoms with Gasteiger partial charge in [-0.2, -0.15) is 0 Å². The van der Waals surface area contributed by atoms with Gasteiger partial charge in [0.15, 0.2) is 0 Å². The van der Waals surface area contributed by atoms with Crippen LogP contribution in [0.2, 0.25) is 0 Å². The largest absolute Gasteiger partial charge is 0.363 e. The molecule has 0 radical (unpaired) electrons. The molecule has 3 aromatic rings. The van der Waals surface area contributed by atoms with Gasteiger partial charge in [0.2, 0.25) is 11.8 Å². The second-order valence-corrected chi connectivity index (χ2v) is 10.3. The highest BCUT2D eigenvalue weighted by Gasteiger charge is 2.12. The van der Waals surface area contributed by atoms with E-state index in [4.69, 9.17) is 0 Å². The molecule has 0 saturated carbocycles. The van der Waals surface area contributed by atoms with Crippen LogP contribution in [-0.2, 0) is 16.1 Å². The summed E-state index contributed by atoms with van der Waals surface area (Å²) >= 11 is 0. The maximum absolute atomic E-state index is 12.6. The van der Waals surface area contributed by atoms with Crippen LogP contribution in [0.3, 0.4) is 0 Å². The van der Waals surface area contributed by atoms with Gasteiger partial charge in [0, 0.05) is 31.3 Å². The van der Waals surface area contributed by atoms with Crippen LogP contribution in [0.25, 0.3) is 0 Å². The topological polar surface area (TPSA) is 83.1 Å². The number of benzene rings is 2. The third kappa shape index (κ3) is 11.7. The third-order valence-corrected chi connectivity index (χ3v) is 6.90. The molecular weight excluding hydrogens is 484 g/mol. The van der Waals surface area contributed by atoms with Gasteiger partial charge in [0.1, 0.15) is 5.82 Å². The Kier molecular flexibility index (Phi) is 13.0. The number of nitrogens with zero attached hydrogens (tertiary/aromatic N) is 1. The van der Waals surface area contributed by atoms with Gasteiger partial charge in [-0.05, 0) is 56.0 Å².